The minimum absolute atomic E-state index is 0.295. The lowest BCUT2D eigenvalue weighted by Gasteiger charge is -2.20. The molecule has 22 heavy (non-hydrogen) atoms. The second kappa shape index (κ2) is 6.06. The van der Waals surface area contributed by atoms with Gasteiger partial charge in [-0.05, 0) is 25.0 Å². The molecule has 114 valence electrons. The van der Waals surface area contributed by atoms with Crippen molar-refractivity contribution in [2.45, 2.75) is 18.9 Å². The number of rotatable bonds is 3. The van der Waals surface area contributed by atoms with Gasteiger partial charge in [0.15, 0.2) is 0 Å². The van der Waals surface area contributed by atoms with Crippen molar-refractivity contribution in [1.82, 2.24) is 9.88 Å². The highest BCUT2D eigenvalue weighted by Gasteiger charge is 2.35. The number of benzene rings is 1. The molecular formula is C15H13ClN2O3S. The van der Waals surface area contributed by atoms with Crippen molar-refractivity contribution in [3.63, 3.8) is 0 Å². The second-order valence-electron chi connectivity index (χ2n) is 5.04. The molecule has 1 aliphatic rings. The number of likely N-dealkylation sites (tertiary alicyclic amines) is 1. The third-order valence-corrected chi connectivity index (χ3v) is 4.76. The Labute approximate surface area is 136 Å². The van der Waals surface area contributed by atoms with Crippen molar-refractivity contribution < 1.29 is 14.7 Å². The van der Waals surface area contributed by atoms with E-state index in [0.29, 0.717) is 35.1 Å². The molecule has 2 aromatic rings. The molecule has 1 aromatic carbocycles. The monoisotopic (exact) mass is 336 g/mol. The van der Waals surface area contributed by atoms with Crippen molar-refractivity contribution in [3.05, 3.63) is 40.4 Å². The Morgan fingerprint density at radius 1 is 1.32 bits per heavy atom. The number of amides is 1. The third-order valence-electron chi connectivity index (χ3n) is 3.61. The van der Waals surface area contributed by atoms with Crippen LogP contribution in [0, 0.1) is 0 Å². The first kappa shape index (κ1) is 15.0. The Hall–Kier alpha value is -1.92. The molecular weight excluding hydrogens is 324 g/mol. The molecule has 0 saturated carbocycles. The lowest BCUT2D eigenvalue weighted by molar-refractivity contribution is -0.141. The fourth-order valence-corrected chi connectivity index (χ4v) is 3.44. The summed E-state index contributed by atoms with van der Waals surface area (Å²) < 4.78 is 0. The number of nitrogens with zero attached hydrogens (tertiary/aromatic N) is 2. The van der Waals surface area contributed by atoms with Crippen LogP contribution in [0.2, 0.25) is 5.02 Å². The second-order valence-corrected chi connectivity index (χ2v) is 6.33. The van der Waals surface area contributed by atoms with Crippen LogP contribution in [0.25, 0.3) is 10.6 Å². The molecule has 5 nitrogen and oxygen atoms in total. The fourth-order valence-electron chi connectivity index (χ4n) is 2.51. The summed E-state index contributed by atoms with van der Waals surface area (Å²) >= 11 is 7.21. The van der Waals surface area contributed by atoms with Crippen molar-refractivity contribution in [2.24, 2.45) is 0 Å². The van der Waals surface area contributed by atoms with Crippen LogP contribution in [-0.4, -0.2) is 39.5 Å². The molecule has 1 saturated heterocycles. The number of carboxylic acid groups (broad SMARTS) is 1. The van der Waals surface area contributed by atoms with Crippen LogP contribution in [-0.2, 0) is 4.79 Å². The maximum Gasteiger partial charge on any atom is 0.326 e. The molecule has 3 rings (SSSR count). The van der Waals surface area contributed by atoms with Gasteiger partial charge in [-0.3, -0.25) is 4.79 Å². The van der Waals surface area contributed by atoms with Crippen LogP contribution in [0.1, 0.15) is 23.3 Å². The Bertz CT molecular complexity index is 714. The quantitative estimate of drug-likeness (QED) is 0.934. The summed E-state index contributed by atoms with van der Waals surface area (Å²) in [5.41, 5.74) is 1.17. The maximum absolute atomic E-state index is 12.4. The molecule has 0 aliphatic carbocycles. The number of aliphatic carboxylic acids is 1. The molecule has 1 N–H and O–H groups in total. The first-order valence-corrected chi connectivity index (χ1v) is 8.07. The fraction of sp³-hybridized carbons (Fsp3) is 0.267. The van der Waals surface area contributed by atoms with Crippen molar-refractivity contribution in [3.8, 4) is 10.6 Å². The first-order chi connectivity index (χ1) is 10.6. The lowest BCUT2D eigenvalue weighted by atomic mass is 10.2. The van der Waals surface area contributed by atoms with Crippen LogP contribution in [0.5, 0.6) is 0 Å². The van der Waals surface area contributed by atoms with Gasteiger partial charge in [0.1, 0.15) is 16.7 Å². The van der Waals surface area contributed by atoms with Crippen LogP contribution >= 0.6 is 22.9 Å². The van der Waals surface area contributed by atoms with E-state index in [2.05, 4.69) is 4.98 Å². The van der Waals surface area contributed by atoms with Gasteiger partial charge < -0.3 is 10.0 Å². The molecule has 0 unspecified atom stereocenters. The minimum Gasteiger partial charge on any atom is -0.480 e. The Morgan fingerprint density at radius 3 is 2.73 bits per heavy atom. The van der Waals surface area contributed by atoms with Gasteiger partial charge in [0, 0.05) is 22.5 Å². The van der Waals surface area contributed by atoms with Gasteiger partial charge in [-0.1, -0.05) is 23.7 Å². The molecule has 1 atom stereocenters. The predicted octanol–water partition coefficient (Wildman–Crippen LogP) is 3.15. The van der Waals surface area contributed by atoms with Crippen LogP contribution < -0.4 is 0 Å². The number of carboxylic acids is 1. The Balaban J connectivity index is 1.82. The highest BCUT2D eigenvalue weighted by atomic mass is 35.5. The molecule has 2 heterocycles. The molecule has 1 aliphatic heterocycles. The zero-order chi connectivity index (χ0) is 15.7. The highest BCUT2D eigenvalue weighted by molar-refractivity contribution is 7.13. The summed E-state index contributed by atoms with van der Waals surface area (Å²) in [5, 5.41) is 12.2. The maximum atomic E-state index is 12.4. The third kappa shape index (κ3) is 2.84. The van der Waals surface area contributed by atoms with E-state index in [-0.39, 0.29) is 5.91 Å². The number of carbonyl (C=O) groups is 2. The van der Waals surface area contributed by atoms with E-state index < -0.39 is 12.0 Å². The van der Waals surface area contributed by atoms with Gasteiger partial charge in [0.25, 0.3) is 5.91 Å². The summed E-state index contributed by atoms with van der Waals surface area (Å²) in [6.07, 6.45) is 1.20. The number of aromatic nitrogens is 1. The zero-order valence-electron chi connectivity index (χ0n) is 11.5. The van der Waals surface area contributed by atoms with Crippen molar-refractivity contribution >= 4 is 34.8 Å². The van der Waals surface area contributed by atoms with E-state index in [0.717, 1.165) is 5.56 Å². The van der Waals surface area contributed by atoms with Gasteiger partial charge >= 0.3 is 5.97 Å². The van der Waals surface area contributed by atoms with E-state index in [1.165, 1.54) is 16.2 Å². The number of halogens is 1. The van der Waals surface area contributed by atoms with Gasteiger partial charge in [0.2, 0.25) is 0 Å². The van der Waals surface area contributed by atoms with E-state index >= 15 is 0 Å². The topological polar surface area (TPSA) is 70.5 Å². The number of hydrogen-bond donors (Lipinski definition) is 1. The summed E-state index contributed by atoms with van der Waals surface area (Å²) in [4.78, 5) is 29.4. The largest absolute Gasteiger partial charge is 0.480 e. The molecule has 0 spiro atoms. The lowest BCUT2D eigenvalue weighted by Crippen LogP contribution is -2.40. The molecule has 1 fully saturated rings. The smallest absolute Gasteiger partial charge is 0.326 e. The van der Waals surface area contributed by atoms with Crippen LogP contribution in [0.4, 0.5) is 0 Å². The summed E-state index contributed by atoms with van der Waals surface area (Å²) in [6, 6.07) is 6.46. The van der Waals surface area contributed by atoms with Gasteiger partial charge in [-0.15, -0.1) is 11.3 Å². The first-order valence-electron chi connectivity index (χ1n) is 6.81. The van der Waals surface area contributed by atoms with Crippen LogP contribution in [0.3, 0.4) is 0 Å². The van der Waals surface area contributed by atoms with E-state index in [1.54, 1.807) is 17.5 Å². The molecule has 7 heteroatoms. The highest BCUT2D eigenvalue weighted by Crippen LogP contribution is 2.27. The molecule has 0 bridgehead atoms. The number of carbonyl (C=O) groups excluding carboxylic acids is 1. The summed E-state index contributed by atoms with van der Waals surface area (Å²) in [7, 11) is 0. The van der Waals surface area contributed by atoms with Gasteiger partial charge in [-0.2, -0.15) is 0 Å². The predicted molar refractivity (Wildman–Crippen MR) is 84.3 cm³/mol. The summed E-state index contributed by atoms with van der Waals surface area (Å²) in [5.74, 6) is -1.28. The molecule has 1 aromatic heterocycles. The van der Waals surface area contributed by atoms with Gasteiger partial charge in [-0.25, -0.2) is 9.78 Å². The number of thiazole rings is 1. The number of hydrogen-bond acceptors (Lipinski definition) is 4. The normalized spacial score (nSPS) is 17.7. The average Bonchev–Trinajstić information content (AvgIpc) is 3.17. The van der Waals surface area contributed by atoms with E-state index in [4.69, 9.17) is 16.7 Å². The van der Waals surface area contributed by atoms with E-state index in [1.807, 2.05) is 12.1 Å². The van der Waals surface area contributed by atoms with E-state index in [9.17, 15) is 9.59 Å². The summed E-state index contributed by atoms with van der Waals surface area (Å²) in [6.45, 7) is 0.462. The minimum atomic E-state index is -0.959. The molecule has 1 amide bonds. The zero-order valence-corrected chi connectivity index (χ0v) is 13.1. The van der Waals surface area contributed by atoms with Gasteiger partial charge in [0.05, 0.1) is 0 Å². The van der Waals surface area contributed by atoms with Crippen molar-refractivity contribution in [1.29, 1.82) is 0 Å². The Morgan fingerprint density at radius 2 is 2.05 bits per heavy atom. The molecule has 0 radical (unpaired) electrons. The van der Waals surface area contributed by atoms with Crippen LogP contribution in [0.15, 0.2) is 29.6 Å². The van der Waals surface area contributed by atoms with Crippen molar-refractivity contribution in [2.75, 3.05) is 6.54 Å². The SMILES string of the molecule is O=C(O)[C@H]1CCCN1C(=O)c1csc(-c2ccc(Cl)cc2)n1. The standard InChI is InChI=1S/C15H13ClN2O3S/c16-10-5-3-9(4-6-10)13-17-11(8-22-13)14(19)18-7-1-2-12(18)15(20)21/h3-6,8,12H,1-2,7H2,(H,20,21)/t12-/m1/s1. The average molecular weight is 337 g/mol. The Kier molecular flexibility index (Phi) is 4.13.